The average Bonchev–Trinajstić information content (AvgIpc) is 2.63. The van der Waals surface area contributed by atoms with Crippen molar-refractivity contribution < 1.29 is 9.90 Å². The molecule has 4 heteroatoms. The summed E-state index contributed by atoms with van der Waals surface area (Å²) in [7, 11) is 0. The number of carbonyl (C=O) groups is 1. The highest BCUT2D eigenvalue weighted by atomic mass is 79.9. The fourth-order valence-electron chi connectivity index (χ4n) is 1.55. The van der Waals surface area contributed by atoms with E-state index in [1.807, 2.05) is 23.8 Å². The lowest BCUT2D eigenvalue weighted by Gasteiger charge is -2.04. The van der Waals surface area contributed by atoms with E-state index in [4.69, 9.17) is 5.11 Å². The van der Waals surface area contributed by atoms with Gasteiger partial charge in [0.25, 0.3) is 0 Å². The number of carboxylic acids is 1. The molecule has 0 saturated carbocycles. The van der Waals surface area contributed by atoms with Gasteiger partial charge in [0.2, 0.25) is 0 Å². The van der Waals surface area contributed by atoms with E-state index in [0.717, 1.165) is 21.2 Å². The van der Waals surface area contributed by atoms with Crippen LogP contribution in [0.4, 0.5) is 0 Å². The fraction of sp³-hybridized carbons (Fsp3) is 0.0833. The van der Waals surface area contributed by atoms with Gasteiger partial charge in [-0.1, -0.05) is 6.07 Å². The van der Waals surface area contributed by atoms with Gasteiger partial charge in [0.05, 0.1) is 5.56 Å². The Morgan fingerprint density at radius 3 is 2.62 bits per heavy atom. The first-order chi connectivity index (χ1) is 7.58. The molecule has 0 unspecified atom stereocenters. The van der Waals surface area contributed by atoms with Crippen molar-refractivity contribution in [3.8, 4) is 11.1 Å². The largest absolute Gasteiger partial charge is 0.478 e. The van der Waals surface area contributed by atoms with Gasteiger partial charge in [-0.05, 0) is 51.5 Å². The molecule has 82 valence electrons. The van der Waals surface area contributed by atoms with Gasteiger partial charge in [-0.3, -0.25) is 0 Å². The number of aryl methyl sites for hydroxylation is 1. The summed E-state index contributed by atoms with van der Waals surface area (Å²) in [6.07, 6.45) is 0. The Balaban J connectivity index is 2.58. The number of halogens is 1. The minimum Gasteiger partial charge on any atom is -0.478 e. The first-order valence-electron chi connectivity index (χ1n) is 4.65. The van der Waals surface area contributed by atoms with Gasteiger partial charge in [-0.25, -0.2) is 4.79 Å². The van der Waals surface area contributed by atoms with Crippen LogP contribution in [0.2, 0.25) is 0 Å². The zero-order valence-corrected chi connectivity index (χ0v) is 10.9. The van der Waals surface area contributed by atoms with E-state index in [0.29, 0.717) is 5.56 Å². The maximum absolute atomic E-state index is 11.0. The molecule has 2 rings (SSSR count). The molecule has 0 atom stereocenters. The van der Waals surface area contributed by atoms with Crippen LogP contribution < -0.4 is 0 Å². The van der Waals surface area contributed by atoms with Crippen LogP contribution in [0, 0.1) is 6.92 Å². The third-order valence-corrected chi connectivity index (χ3v) is 3.95. The van der Waals surface area contributed by atoms with Crippen molar-refractivity contribution in [2.45, 2.75) is 6.92 Å². The lowest BCUT2D eigenvalue weighted by Crippen LogP contribution is -1.97. The molecule has 0 amide bonds. The minimum absolute atomic E-state index is 0.327. The standard InChI is InChI=1S/C12H9BrO2S/c1-7-2-8(4-9(3-7)12(14)15)10-5-16-6-11(10)13/h2-6H,1H3,(H,14,15). The van der Waals surface area contributed by atoms with Gasteiger partial charge in [0, 0.05) is 15.4 Å². The maximum Gasteiger partial charge on any atom is 0.335 e. The molecule has 0 bridgehead atoms. The lowest BCUT2D eigenvalue weighted by molar-refractivity contribution is 0.0697. The molecule has 2 aromatic rings. The van der Waals surface area contributed by atoms with E-state index in [1.165, 1.54) is 0 Å². The summed E-state index contributed by atoms with van der Waals surface area (Å²) in [6.45, 7) is 1.90. The fourth-order valence-corrected chi connectivity index (χ4v) is 3.08. The summed E-state index contributed by atoms with van der Waals surface area (Å²) >= 11 is 5.04. The summed E-state index contributed by atoms with van der Waals surface area (Å²) < 4.78 is 0.999. The van der Waals surface area contributed by atoms with E-state index in [1.54, 1.807) is 23.5 Å². The van der Waals surface area contributed by atoms with Crippen LogP contribution in [0.1, 0.15) is 15.9 Å². The van der Waals surface area contributed by atoms with Crippen molar-refractivity contribution in [2.75, 3.05) is 0 Å². The zero-order valence-electron chi connectivity index (χ0n) is 8.53. The molecule has 0 spiro atoms. The topological polar surface area (TPSA) is 37.3 Å². The van der Waals surface area contributed by atoms with Crippen LogP contribution in [0.3, 0.4) is 0 Å². The molecular formula is C12H9BrO2S. The SMILES string of the molecule is Cc1cc(C(=O)O)cc(-c2cscc2Br)c1. The molecule has 1 aromatic heterocycles. The first-order valence-corrected chi connectivity index (χ1v) is 6.38. The number of hydrogen-bond donors (Lipinski definition) is 1. The predicted octanol–water partition coefficient (Wildman–Crippen LogP) is 4.18. The van der Waals surface area contributed by atoms with Gasteiger partial charge in [0.1, 0.15) is 0 Å². The maximum atomic E-state index is 11.0. The number of aromatic carboxylic acids is 1. The molecule has 0 aliphatic heterocycles. The minimum atomic E-state index is -0.892. The third-order valence-electron chi connectivity index (χ3n) is 2.25. The van der Waals surface area contributed by atoms with Crippen LogP contribution >= 0.6 is 27.3 Å². The summed E-state index contributed by atoms with van der Waals surface area (Å²) in [4.78, 5) is 11.0. The monoisotopic (exact) mass is 296 g/mol. The molecular weight excluding hydrogens is 288 g/mol. The highest BCUT2D eigenvalue weighted by Gasteiger charge is 2.09. The van der Waals surface area contributed by atoms with Crippen LogP contribution in [0.5, 0.6) is 0 Å². The molecule has 1 heterocycles. The molecule has 0 aliphatic rings. The molecule has 0 fully saturated rings. The van der Waals surface area contributed by atoms with Gasteiger partial charge >= 0.3 is 5.97 Å². The smallest absolute Gasteiger partial charge is 0.335 e. The average molecular weight is 297 g/mol. The van der Waals surface area contributed by atoms with Gasteiger partial charge in [-0.15, -0.1) is 0 Å². The molecule has 1 N–H and O–H groups in total. The van der Waals surface area contributed by atoms with E-state index in [9.17, 15) is 4.79 Å². The number of benzene rings is 1. The highest BCUT2D eigenvalue weighted by Crippen LogP contribution is 2.32. The van der Waals surface area contributed by atoms with Crippen molar-refractivity contribution in [3.05, 3.63) is 44.6 Å². The molecule has 2 nitrogen and oxygen atoms in total. The molecule has 0 radical (unpaired) electrons. The van der Waals surface area contributed by atoms with Gasteiger partial charge in [0.15, 0.2) is 0 Å². The summed E-state index contributed by atoms with van der Waals surface area (Å²) in [6, 6.07) is 5.35. The quantitative estimate of drug-likeness (QED) is 0.902. The molecule has 0 saturated heterocycles. The van der Waals surface area contributed by atoms with Crippen LogP contribution in [0.25, 0.3) is 11.1 Å². The number of carboxylic acid groups (broad SMARTS) is 1. The van der Waals surface area contributed by atoms with Crippen LogP contribution in [0.15, 0.2) is 33.4 Å². The Hall–Kier alpha value is -1.13. The Labute approximate surface area is 106 Å². The van der Waals surface area contributed by atoms with Crippen molar-refractivity contribution >= 4 is 33.2 Å². The second-order valence-electron chi connectivity index (χ2n) is 3.53. The third kappa shape index (κ3) is 2.18. The number of hydrogen-bond acceptors (Lipinski definition) is 2. The summed E-state index contributed by atoms with van der Waals surface area (Å²) in [5.74, 6) is -0.892. The van der Waals surface area contributed by atoms with Crippen molar-refractivity contribution in [1.29, 1.82) is 0 Å². The Morgan fingerprint density at radius 1 is 1.31 bits per heavy atom. The first kappa shape index (κ1) is 11.4. The molecule has 16 heavy (non-hydrogen) atoms. The summed E-state index contributed by atoms with van der Waals surface area (Å²) in [5.41, 5.74) is 3.25. The second kappa shape index (κ2) is 4.39. The van der Waals surface area contributed by atoms with E-state index < -0.39 is 5.97 Å². The number of thiophene rings is 1. The second-order valence-corrected chi connectivity index (χ2v) is 5.12. The van der Waals surface area contributed by atoms with Gasteiger partial charge in [-0.2, -0.15) is 11.3 Å². The highest BCUT2D eigenvalue weighted by molar-refractivity contribution is 9.10. The van der Waals surface area contributed by atoms with Gasteiger partial charge < -0.3 is 5.11 Å². The summed E-state index contributed by atoms with van der Waals surface area (Å²) in [5, 5.41) is 13.0. The Bertz CT molecular complexity index is 546. The van der Waals surface area contributed by atoms with E-state index >= 15 is 0 Å². The zero-order chi connectivity index (χ0) is 11.7. The lowest BCUT2D eigenvalue weighted by atomic mass is 10.0. The van der Waals surface area contributed by atoms with Crippen molar-refractivity contribution in [1.82, 2.24) is 0 Å². The molecule has 1 aromatic carbocycles. The molecule has 0 aliphatic carbocycles. The van der Waals surface area contributed by atoms with Crippen LogP contribution in [-0.4, -0.2) is 11.1 Å². The number of rotatable bonds is 2. The van der Waals surface area contributed by atoms with Crippen LogP contribution in [-0.2, 0) is 0 Å². The van der Waals surface area contributed by atoms with Crippen molar-refractivity contribution in [3.63, 3.8) is 0 Å². The predicted molar refractivity (Wildman–Crippen MR) is 69.2 cm³/mol. The van der Waals surface area contributed by atoms with Crippen molar-refractivity contribution in [2.24, 2.45) is 0 Å². The van der Waals surface area contributed by atoms with E-state index in [2.05, 4.69) is 15.9 Å². The Morgan fingerprint density at radius 2 is 2.06 bits per heavy atom. The van der Waals surface area contributed by atoms with E-state index in [-0.39, 0.29) is 0 Å². The Kier molecular flexibility index (Phi) is 3.12. The normalized spacial score (nSPS) is 10.4.